The minimum Gasteiger partial charge on any atom is -0.455 e. The van der Waals surface area contributed by atoms with Crippen LogP contribution in [0, 0.1) is 0 Å². The summed E-state index contributed by atoms with van der Waals surface area (Å²) in [6.45, 7) is 0. The average molecular weight is 1260 g/mol. The minimum atomic E-state index is 0.913. The smallest absolute Gasteiger partial charge is 0.143 e. The highest BCUT2D eigenvalue weighted by molar-refractivity contribution is 7.26. The van der Waals surface area contributed by atoms with Gasteiger partial charge >= 0.3 is 0 Å². The van der Waals surface area contributed by atoms with Crippen LogP contribution in [0.1, 0.15) is 0 Å². The van der Waals surface area contributed by atoms with Gasteiger partial charge in [0.1, 0.15) is 11.2 Å². The summed E-state index contributed by atoms with van der Waals surface area (Å²) >= 11 is 3.73. The van der Waals surface area contributed by atoms with Crippen molar-refractivity contribution in [2.45, 2.75) is 0 Å². The van der Waals surface area contributed by atoms with E-state index in [0.29, 0.717) is 0 Å². The van der Waals surface area contributed by atoms with Crippen LogP contribution in [-0.2, 0) is 0 Å². The van der Waals surface area contributed by atoms with Gasteiger partial charge in [-0.15, -0.1) is 22.7 Å². The molecule has 0 amide bonds. The van der Waals surface area contributed by atoms with Crippen molar-refractivity contribution in [1.29, 1.82) is 0 Å². The Bertz CT molecular complexity index is 5450. The van der Waals surface area contributed by atoms with E-state index in [9.17, 15) is 0 Å². The van der Waals surface area contributed by atoms with Crippen molar-refractivity contribution in [1.82, 2.24) is 0 Å². The number of rotatable bonds is 13. The van der Waals surface area contributed by atoms with Gasteiger partial charge in [-0.25, -0.2) is 0 Å². The van der Waals surface area contributed by atoms with Crippen LogP contribution in [0.2, 0.25) is 0 Å². The summed E-state index contributed by atoms with van der Waals surface area (Å²) < 4.78 is 11.5. The Morgan fingerprint density at radius 3 is 0.927 bits per heavy atom. The normalized spacial score (nSPS) is 11.3. The number of benzene rings is 15. The lowest BCUT2D eigenvalue weighted by Gasteiger charge is -2.26. The molecule has 0 saturated carbocycles. The molecule has 0 bridgehead atoms. The Morgan fingerprint density at radius 1 is 0.198 bits per heavy atom. The number of para-hydroxylation sites is 4. The van der Waals surface area contributed by atoms with Gasteiger partial charge in [0.15, 0.2) is 0 Å². The fraction of sp³-hybridized carbons (Fsp3) is 0. The first-order chi connectivity index (χ1) is 47.6. The standard InChI is InChI=1S/C48H32N2S2.C42H29NO/c1-3-13-35(14-4-1)49(43-21-11-19-41-39-17-7-9-23-45(39)51-47(41)43)37-29-25-33(26-30-37)34-27-31-38(32-28-34)50(36-15-5-2-6-16-36)44-22-12-20-42-40-18-8-10-24-46(40)52-48(42)44;1-3-10-30(11-4-1)32-18-24-35(25-19-32)43(36-26-20-33(21-27-36)31-12-5-2-6-13-31)37-28-22-34(23-29-37)38-15-9-16-40-39-14-7-8-17-41(39)44-42(38)40/h1-32H;1-29H. The zero-order valence-corrected chi connectivity index (χ0v) is 53.9. The van der Waals surface area contributed by atoms with Gasteiger partial charge in [0.2, 0.25) is 0 Å². The van der Waals surface area contributed by atoms with Crippen LogP contribution in [0.5, 0.6) is 0 Å². The van der Waals surface area contributed by atoms with E-state index in [1.165, 1.54) is 85.1 Å². The highest BCUT2D eigenvalue weighted by atomic mass is 32.1. The summed E-state index contributed by atoms with van der Waals surface area (Å²) in [6, 6.07) is 132. The number of anilines is 9. The molecule has 0 spiro atoms. The Labute approximate surface area is 566 Å². The summed E-state index contributed by atoms with van der Waals surface area (Å²) in [6.07, 6.45) is 0. The van der Waals surface area contributed by atoms with Gasteiger partial charge in [-0.1, -0.05) is 255 Å². The van der Waals surface area contributed by atoms with Crippen molar-refractivity contribution < 1.29 is 4.42 Å². The maximum Gasteiger partial charge on any atom is 0.143 e. The molecule has 0 unspecified atom stereocenters. The Kier molecular flexibility index (Phi) is 15.3. The van der Waals surface area contributed by atoms with Crippen LogP contribution >= 0.6 is 22.7 Å². The molecule has 0 aliphatic rings. The third-order valence-electron chi connectivity index (χ3n) is 18.2. The van der Waals surface area contributed by atoms with Crippen molar-refractivity contribution in [2.75, 3.05) is 14.7 Å². The number of fused-ring (bicyclic) bond motifs is 9. The third-order valence-corrected chi connectivity index (χ3v) is 20.6. The van der Waals surface area contributed by atoms with Gasteiger partial charge in [-0.05, 0) is 154 Å². The lowest BCUT2D eigenvalue weighted by Crippen LogP contribution is -2.10. The molecule has 4 nitrogen and oxygen atoms in total. The molecule has 0 aliphatic carbocycles. The van der Waals surface area contributed by atoms with Gasteiger partial charge in [-0.3, -0.25) is 0 Å². The Balaban J connectivity index is 0.000000147. The van der Waals surface area contributed by atoms with E-state index in [0.717, 1.165) is 72.9 Å². The summed E-state index contributed by atoms with van der Waals surface area (Å²) in [7, 11) is 0. The van der Waals surface area contributed by atoms with E-state index in [2.05, 4.69) is 373 Å². The molecule has 18 rings (SSSR count). The lowest BCUT2D eigenvalue weighted by molar-refractivity contribution is 0.670. The largest absolute Gasteiger partial charge is 0.455 e. The summed E-state index contributed by atoms with van der Waals surface area (Å²) in [5, 5.41) is 7.49. The average Bonchev–Trinajstić information content (AvgIpc) is 2.69. The molecule has 18 aromatic rings. The van der Waals surface area contributed by atoms with Crippen LogP contribution < -0.4 is 14.7 Å². The molecule has 96 heavy (non-hydrogen) atoms. The summed E-state index contributed by atoms with van der Waals surface area (Å²) in [4.78, 5) is 7.09. The summed E-state index contributed by atoms with van der Waals surface area (Å²) in [5.74, 6) is 0. The molecule has 0 N–H and O–H groups in total. The van der Waals surface area contributed by atoms with Crippen molar-refractivity contribution in [3.05, 3.63) is 370 Å². The van der Waals surface area contributed by atoms with Crippen LogP contribution in [0.4, 0.5) is 51.2 Å². The number of hydrogen-bond donors (Lipinski definition) is 0. The maximum absolute atomic E-state index is 6.34. The molecule has 0 aliphatic heterocycles. The van der Waals surface area contributed by atoms with Crippen LogP contribution in [0.3, 0.4) is 0 Å². The Hall–Kier alpha value is -12.1. The fourth-order valence-corrected chi connectivity index (χ4v) is 15.9. The maximum atomic E-state index is 6.34. The van der Waals surface area contributed by atoms with Gasteiger partial charge in [0.05, 0.1) is 20.8 Å². The number of nitrogens with zero attached hydrogens (tertiary/aromatic N) is 3. The first-order valence-corrected chi connectivity index (χ1v) is 34.1. The van der Waals surface area contributed by atoms with Gasteiger partial charge < -0.3 is 19.1 Å². The quantitative estimate of drug-likeness (QED) is 0.115. The van der Waals surface area contributed by atoms with E-state index < -0.39 is 0 Å². The van der Waals surface area contributed by atoms with E-state index in [4.69, 9.17) is 4.42 Å². The highest BCUT2D eigenvalue weighted by Crippen LogP contribution is 2.48. The summed E-state index contributed by atoms with van der Waals surface area (Å²) in [5.41, 5.74) is 21.4. The molecule has 6 heteroatoms. The third kappa shape index (κ3) is 11.0. The second kappa shape index (κ2) is 25.4. The minimum absolute atomic E-state index is 0.913. The fourth-order valence-electron chi connectivity index (χ4n) is 13.5. The molecule has 0 saturated heterocycles. The first-order valence-electron chi connectivity index (χ1n) is 32.5. The predicted octanol–water partition coefficient (Wildman–Crippen LogP) is 27.1. The van der Waals surface area contributed by atoms with Crippen molar-refractivity contribution in [2.24, 2.45) is 0 Å². The van der Waals surface area contributed by atoms with Crippen molar-refractivity contribution >= 4 is 136 Å². The topological polar surface area (TPSA) is 22.9 Å². The second-order valence-corrected chi connectivity index (χ2v) is 26.0. The molecule has 0 radical (unpaired) electrons. The lowest BCUT2D eigenvalue weighted by atomic mass is 10.0. The number of hydrogen-bond acceptors (Lipinski definition) is 6. The zero-order valence-electron chi connectivity index (χ0n) is 52.3. The van der Waals surface area contributed by atoms with E-state index in [1.54, 1.807) is 0 Å². The number of thiophene rings is 2. The van der Waals surface area contributed by atoms with Gasteiger partial charge in [0.25, 0.3) is 0 Å². The van der Waals surface area contributed by atoms with E-state index in [-0.39, 0.29) is 0 Å². The molecule has 3 aromatic heterocycles. The molecule has 3 heterocycles. The van der Waals surface area contributed by atoms with Crippen LogP contribution in [-0.4, -0.2) is 0 Å². The van der Waals surface area contributed by atoms with Gasteiger partial charge in [0, 0.05) is 87.1 Å². The first kappa shape index (κ1) is 57.8. The van der Waals surface area contributed by atoms with E-state index in [1.807, 2.05) is 34.8 Å². The van der Waals surface area contributed by atoms with Crippen LogP contribution in [0.15, 0.2) is 374 Å². The molecule has 15 aromatic carbocycles. The molecule has 454 valence electrons. The van der Waals surface area contributed by atoms with Crippen molar-refractivity contribution in [3.8, 4) is 44.5 Å². The van der Waals surface area contributed by atoms with Gasteiger partial charge in [-0.2, -0.15) is 0 Å². The van der Waals surface area contributed by atoms with Crippen molar-refractivity contribution in [3.63, 3.8) is 0 Å². The molecular weight excluding hydrogens is 1200 g/mol. The Morgan fingerprint density at radius 2 is 0.500 bits per heavy atom. The molecular formula is C90H61N3OS2. The van der Waals surface area contributed by atoms with E-state index >= 15 is 0 Å². The zero-order chi connectivity index (χ0) is 63.7. The molecule has 0 atom stereocenters. The second-order valence-electron chi connectivity index (χ2n) is 23.9. The SMILES string of the molecule is c1ccc(-c2ccc(N(c3ccc(-c4ccccc4)cc3)c3ccc(-c4cccc5c4oc4ccccc45)cc3)cc2)cc1.c1ccc(N(c2ccc(-c3ccc(N(c4ccccc4)c4cccc5c4sc4ccccc45)cc3)cc2)c2cccc3c2sc2ccccc23)cc1. The predicted molar refractivity (Wildman–Crippen MR) is 412 cm³/mol. The monoisotopic (exact) mass is 1260 g/mol. The van der Waals surface area contributed by atoms with Crippen LogP contribution in [0.25, 0.3) is 107 Å². The highest BCUT2D eigenvalue weighted by Gasteiger charge is 2.22. The number of furan rings is 1. The molecule has 0 fully saturated rings.